The normalized spacial score (nSPS) is 16.1. The molecule has 0 aromatic carbocycles. The van der Waals surface area contributed by atoms with Crippen molar-refractivity contribution in [3.63, 3.8) is 0 Å². The Morgan fingerprint density at radius 1 is 1.10 bits per heavy atom. The van der Waals surface area contributed by atoms with Crippen molar-refractivity contribution in [1.29, 1.82) is 0 Å². The zero-order valence-corrected chi connectivity index (χ0v) is 11.6. The zero-order chi connectivity index (χ0) is 13.8. The van der Waals surface area contributed by atoms with E-state index in [4.69, 9.17) is 0 Å². The summed E-state index contributed by atoms with van der Waals surface area (Å²) < 4.78 is 1.63. The fraction of sp³-hybridized carbons (Fsp3) is 0.538. The molecular formula is C13H19N7. The number of hydrogen-bond acceptors (Lipinski definition) is 6. The van der Waals surface area contributed by atoms with Crippen LogP contribution in [0.3, 0.4) is 0 Å². The van der Waals surface area contributed by atoms with E-state index in [0.29, 0.717) is 23.9 Å². The van der Waals surface area contributed by atoms with Crippen LogP contribution in [0.15, 0.2) is 18.5 Å². The lowest BCUT2D eigenvalue weighted by Gasteiger charge is -2.22. The van der Waals surface area contributed by atoms with Crippen LogP contribution in [0.25, 0.3) is 5.95 Å². The van der Waals surface area contributed by atoms with E-state index in [1.54, 1.807) is 17.9 Å². The Bertz CT molecular complexity index is 546. The van der Waals surface area contributed by atoms with Gasteiger partial charge in [-0.2, -0.15) is 20.1 Å². The molecule has 106 valence electrons. The van der Waals surface area contributed by atoms with Crippen molar-refractivity contribution in [2.75, 3.05) is 17.7 Å². The molecule has 20 heavy (non-hydrogen) atoms. The molecule has 1 fully saturated rings. The number of nitrogens with zero attached hydrogens (tertiary/aromatic N) is 5. The van der Waals surface area contributed by atoms with Gasteiger partial charge in [-0.15, -0.1) is 0 Å². The molecule has 1 aliphatic carbocycles. The van der Waals surface area contributed by atoms with Crippen LogP contribution in [-0.2, 0) is 0 Å². The van der Waals surface area contributed by atoms with Gasteiger partial charge in [-0.05, 0) is 18.9 Å². The lowest BCUT2D eigenvalue weighted by molar-refractivity contribution is 0.460. The first kappa shape index (κ1) is 12.8. The fourth-order valence-electron chi connectivity index (χ4n) is 2.46. The Morgan fingerprint density at radius 3 is 2.60 bits per heavy atom. The average Bonchev–Trinajstić information content (AvgIpc) is 3.02. The van der Waals surface area contributed by atoms with Gasteiger partial charge < -0.3 is 10.6 Å². The number of anilines is 2. The predicted molar refractivity (Wildman–Crippen MR) is 77.0 cm³/mol. The Hall–Kier alpha value is -2.18. The van der Waals surface area contributed by atoms with E-state index in [2.05, 4.69) is 30.7 Å². The van der Waals surface area contributed by atoms with Crippen LogP contribution in [-0.4, -0.2) is 37.8 Å². The van der Waals surface area contributed by atoms with E-state index in [1.807, 2.05) is 12.3 Å². The lowest BCUT2D eigenvalue weighted by Crippen LogP contribution is -2.24. The minimum atomic E-state index is 0.460. The second-order valence-electron chi connectivity index (χ2n) is 4.96. The smallest absolute Gasteiger partial charge is 0.257 e. The largest absolute Gasteiger partial charge is 0.357 e. The van der Waals surface area contributed by atoms with Gasteiger partial charge >= 0.3 is 0 Å². The monoisotopic (exact) mass is 273 g/mol. The van der Waals surface area contributed by atoms with Gasteiger partial charge in [0, 0.05) is 25.5 Å². The molecule has 1 aliphatic rings. The Balaban J connectivity index is 1.84. The predicted octanol–water partition coefficient (Wildman–Crippen LogP) is 1.84. The van der Waals surface area contributed by atoms with Gasteiger partial charge in [0.15, 0.2) is 0 Å². The number of hydrogen-bond donors (Lipinski definition) is 2. The summed E-state index contributed by atoms with van der Waals surface area (Å²) in [6.07, 6.45) is 9.75. The first-order valence-electron chi connectivity index (χ1n) is 7.05. The summed E-state index contributed by atoms with van der Waals surface area (Å²) >= 11 is 0. The van der Waals surface area contributed by atoms with E-state index in [-0.39, 0.29) is 0 Å². The summed E-state index contributed by atoms with van der Waals surface area (Å²) in [5, 5.41) is 10.5. The molecule has 3 rings (SSSR count). The molecular weight excluding hydrogens is 254 g/mol. The number of nitrogens with one attached hydrogen (secondary N) is 2. The van der Waals surface area contributed by atoms with Crippen molar-refractivity contribution in [3.05, 3.63) is 18.5 Å². The molecule has 0 amide bonds. The molecule has 0 bridgehead atoms. The number of rotatable bonds is 4. The SMILES string of the molecule is CNc1nc(NC2CCCCC2)nc(-n2cccn2)n1. The highest BCUT2D eigenvalue weighted by atomic mass is 15.4. The minimum absolute atomic E-state index is 0.460. The maximum absolute atomic E-state index is 4.45. The Kier molecular flexibility index (Phi) is 3.76. The van der Waals surface area contributed by atoms with Crippen molar-refractivity contribution < 1.29 is 0 Å². The summed E-state index contributed by atoms with van der Waals surface area (Å²) in [5.41, 5.74) is 0. The summed E-state index contributed by atoms with van der Waals surface area (Å²) in [5.74, 6) is 1.68. The van der Waals surface area contributed by atoms with E-state index in [9.17, 15) is 0 Å². The molecule has 1 saturated carbocycles. The van der Waals surface area contributed by atoms with Crippen LogP contribution in [0.2, 0.25) is 0 Å². The third-order valence-corrected chi connectivity index (χ3v) is 3.49. The molecule has 7 nitrogen and oxygen atoms in total. The maximum Gasteiger partial charge on any atom is 0.257 e. The zero-order valence-electron chi connectivity index (χ0n) is 11.6. The van der Waals surface area contributed by atoms with Crippen LogP contribution in [0.1, 0.15) is 32.1 Å². The van der Waals surface area contributed by atoms with E-state index >= 15 is 0 Å². The van der Waals surface area contributed by atoms with Crippen molar-refractivity contribution in [2.45, 2.75) is 38.1 Å². The quantitative estimate of drug-likeness (QED) is 0.884. The number of aromatic nitrogens is 5. The third kappa shape index (κ3) is 2.87. The molecule has 0 unspecified atom stereocenters. The van der Waals surface area contributed by atoms with Crippen molar-refractivity contribution in [1.82, 2.24) is 24.7 Å². The van der Waals surface area contributed by atoms with E-state index in [0.717, 1.165) is 0 Å². The minimum Gasteiger partial charge on any atom is -0.357 e. The highest BCUT2D eigenvalue weighted by Crippen LogP contribution is 2.20. The van der Waals surface area contributed by atoms with E-state index < -0.39 is 0 Å². The van der Waals surface area contributed by atoms with Gasteiger partial charge in [-0.1, -0.05) is 19.3 Å². The van der Waals surface area contributed by atoms with Gasteiger partial charge in [-0.3, -0.25) is 0 Å². The lowest BCUT2D eigenvalue weighted by atomic mass is 9.96. The van der Waals surface area contributed by atoms with Crippen molar-refractivity contribution >= 4 is 11.9 Å². The van der Waals surface area contributed by atoms with Crippen molar-refractivity contribution in [2.24, 2.45) is 0 Å². The van der Waals surface area contributed by atoms with Gasteiger partial charge in [0.05, 0.1) is 0 Å². The molecule has 0 radical (unpaired) electrons. The first-order valence-corrected chi connectivity index (χ1v) is 7.05. The molecule has 2 aromatic rings. The maximum atomic E-state index is 4.45. The Labute approximate surface area is 117 Å². The van der Waals surface area contributed by atoms with Crippen molar-refractivity contribution in [3.8, 4) is 5.95 Å². The Morgan fingerprint density at radius 2 is 1.90 bits per heavy atom. The standard InChI is InChI=1S/C13H19N7/c1-14-11-17-12(16-10-6-3-2-4-7-10)19-13(18-11)20-9-5-8-15-20/h5,8-10H,2-4,6-7H2,1H3,(H2,14,16,17,18,19). The molecule has 0 atom stereocenters. The van der Waals surface area contributed by atoms with Crippen LogP contribution in [0, 0.1) is 0 Å². The van der Waals surface area contributed by atoms with Gasteiger partial charge in [0.25, 0.3) is 5.95 Å². The van der Waals surface area contributed by atoms with Crippen LogP contribution >= 0.6 is 0 Å². The summed E-state index contributed by atoms with van der Waals surface area (Å²) in [6, 6.07) is 2.30. The molecule has 0 aliphatic heterocycles. The molecule has 7 heteroatoms. The average molecular weight is 273 g/mol. The summed E-state index contributed by atoms with van der Waals surface area (Å²) in [4.78, 5) is 13.1. The van der Waals surface area contributed by atoms with Crippen LogP contribution < -0.4 is 10.6 Å². The van der Waals surface area contributed by atoms with E-state index in [1.165, 1.54) is 32.1 Å². The molecule has 0 spiro atoms. The van der Waals surface area contributed by atoms with Gasteiger partial charge in [0.1, 0.15) is 0 Å². The van der Waals surface area contributed by atoms with Gasteiger partial charge in [0.2, 0.25) is 11.9 Å². The first-order chi connectivity index (χ1) is 9.85. The fourth-order valence-corrected chi connectivity index (χ4v) is 2.46. The molecule has 2 aromatic heterocycles. The van der Waals surface area contributed by atoms with Crippen LogP contribution in [0.5, 0.6) is 0 Å². The molecule has 2 heterocycles. The second kappa shape index (κ2) is 5.85. The van der Waals surface area contributed by atoms with Gasteiger partial charge in [-0.25, -0.2) is 4.68 Å². The summed E-state index contributed by atoms with van der Waals surface area (Å²) in [7, 11) is 1.80. The topological polar surface area (TPSA) is 80.5 Å². The summed E-state index contributed by atoms with van der Waals surface area (Å²) in [6.45, 7) is 0. The third-order valence-electron chi connectivity index (χ3n) is 3.49. The van der Waals surface area contributed by atoms with Crippen LogP contribution in [0.4, 0.5) is 11.9 Å². The highest BCUT2D eigenvalue weighted by Gasteiger charge is 2.15. The molecule has 0 saturated heterocycles. The highest BCUT2D eigenvalue weighted by molar-refractivity contribution is 5.38. The second-order valence-corrected chi connectivity index (χ2v) is 4.96. The molecule has 2 N–H and O–H groups in total.